The molecule has 122 valence electrons. The highest BCUT2D eigenvalue weighted by molar-refractivity contribution is 5.30. The molecule has 0 aromatic carbocycles. The van der Waals surface area contributed by atoms with Crippen molar-refractivity contribution in [1.82, 2.24) is 14.9 Å². The Morgan fingerprint density at radius 1 is 1.23 bits per heavy atom. The third kappa shape index (κ3) is 3.74. The van der Waals surface area contributed by atoms with E-state index in [-0.39, 0.29) is 12.1 Å². The molecule has 1 aromatic heterocycles. The summed E-state index contributed by atoms with van der Waals surface area (Å²) in [7, 11) is 0. The van der Waals surface area contributed by atoms with Crippen LogP contribution in [0.2, 0.25) is 0 Å². The summed E-state index contributed by atoms with van der Waals surface area (Å²) in [6.07, 6.45) is 7.05. The van der Waals surface area contributed by atoms with E-state index in [0.29, 0.717) is 0 Å². The lowest BCUT2D eigenvalue weighted by Crippen LogP contribution is -2.45. The standard InChI is InChI=1S/C16H26N4O2/c1-13(21)15-4-2-3-5-20(15)12-14-10-17-16(18-11-14)19-6-8-22-9-7-19/h10-11,13,15,21H,2-9,12H2,1H3. The smallest absolute Gasteiger partial charge is 0.225 e. The van der Waals surface area contributed by atoms with Crippen LogP contribution >= 0.6 is 0 Å². The number of likely N-dealkylation sites (tertiary alicyclic amines) is 1. The van der Waals surface area contributed by atoms with Crippen LogP contribution in [0.5, 0.6) is 0 Å². The highest BCUT2D eigenvalue weighted by Crippen LogP contribution is 2.22. The molecule has 22 heavy (non-hydrogen) atoms. The third-order valence-electron chi connectivity index (χ3n) is 4.59. The fraction of sp³-hybridized carbons (Fsp3) is 0.750. The number of aromatic nitrogens is 2. The minimum absolute atomic E-state index is 0.257. The van der Waals surface area contributed by atoms with E-state index in [1.807, 2.05) is 19.3 Å². The molecule has 2 fully saturated rings. The van der Waals surface area contributed by atoms with Crippen LogP contribution in [-0.4, -0.2) is 65.0 Å². The minimum atomic E-state index is -0.283. The van der Waals surface area contributed by atoms with Crippen LogP contribution in [0.25, 0.3) is 0 Å². The van der Waals surface area contributed by atoms with Crippen molar-refractivity contribution in [3.8, 4) is 0 Å². The maximum Gasteiger partial charge on any atom is 0.225 e. The Balaban J connectivity index is 1.62. The van der Waals surface area contributed by atoms with Gasteiger partial charge in [0.1, 0.15) is 0 Å². The summed E-state index contributed by atoms with van der Waals surface area (Å²) >= 11 is 0. The van der Waals surface area contributed by atoms with E-state index < -0.39 is 0 Å². The van der Waals surface area contributed by atoms with Crippen molar-refractivity contribution >= 4 is 5.95 Å². The summed E-state index contributed by atoms with van der Waals surface area (Å²) in [6.45, 7) is 6.95. The van der Waals surface area contributed by atoms with Gasteiger partial charge in [0, 0.05) is 43.6 Å². The Bertz CT molecular complexity index is 460. The quantitative estimate of drug-likeness (QED) is 0.897. The molecule has 0 saturated carbocycles. The van der Waals surface area contributed by atoms with Gasteiger partial charge < -0.3 is 14.7 Å². The van der Waals surface area contributed by atoms with Gasteiger partial charge in [0.2, 0.25) is 5.95 Å². The van der Waals surface area contributed by atoms with Crippen molar-refractivity contribution in [1.29, 1.82) is 0 Å². The largest absolute Gasteiger partial charge is 0.392 e. The zero-order valence-corrected chi connectivity index (χ0v) is 13.3. The highest BCUT2D eigenvalue weighted by Gasteiger charge is 2.26. The predicted molar refractivity (Wildman–Crippen MR) is 84.8 cm³/mol. The molecule has 0 aliphatic carbocycles. The average molecular weight is 306 g/mol. The molecule has 3 rings (SSSR count). The van der Waals surface area contributed by atoms with E-state index in [1.54, 1.807) is 0 Å². The lowest BCUT2D eigenvalue weighted by Gasteiger charge is -2.37. The number of rotatable bonds is 4. The van der Waals surface area contributed by atoms with Crippen molar-refractivity contribution < 1.29 is 9.84 Å². The van der Waals surface area contributed by atoms with Gasteiger partial charge in [-0.15, -0.1) is 0 Å². The topological polar surface area (TPSA) is 61.7 Å². The number of ether oxygens (including phenoxy) is 1. The Kier molecular flexibility index (Phi) is 5.23. The second-order valence-corrected chi connectivity index (χ2v) is 6.26. The first-order chi connectivity index (χ1) is 10.7. The van der Waals surface area contributed by atoms with Crippen molar-refractivity contribution in [2.24, 2.45) is 0 Å². The van der Waals surface area contributed by atoms with Crippen LogP contribution in [0.15, 0.2) is 12.4 Å². The van der Waals surface area contributed by atoms with Gasteiger partial charge in [0.15, 0.2) is 0 Å². The molecule has 2 aliphatic heterocycles. The third-order valence-corrected chi connectivity index (χ3v) is 4.59. The molecular formula is C16H26N4O2. The molecule has 2 saturated heterocycles. The molecule has 2 aliphatic rings. The number of hydrogen-bond donors (Lipinski definition) is 1. The fourth-order valence-electron chi connectivity index (χ4n) is 3.35. The predicted octanol–water partition coefficient (Wildman–Crippen LogP) is 1.05. The first kappa shape index (κ1) is 15.6. The Hall–Kier alpha value is -1.24. The van der Waals surface area contributed by atoms with E-state index in [4.69, 9.17) is 4.74 Å². The summed E-state index contributed by atoms with van der Waals surface area (Å²) in [5, 5.41) is 9.95. The van der Waals surface area contributed by atoms with E-state index in [2.05, 4.69) is 19.8 Å². The molecule has 0 bridgehead atoms. The zero-order chi connectivity index (χ0) is 15.4. The number of nitrogens with zero attached hydrogens (tertiary/aromatic N) is 4. The van der Waals surface area contributed by atoms with E-state index >= 15 is 0 Å². The normalized spacial score (nSPS) is 25.2. The second kappa shape index (κ2) is 7.35. The van der Waals surface area contributed by atoms with Crippen molar-refractivity contribution in [2.45, 2.75) is 44.9 Å². The monoisotopic (exact) mass is 306 g/mol. The first-order valence-electron chi connectivity index (χ1n) is 8.30. The average Bonchev–Trinajstić information content (AvgIpc) is 2.57. The zero-order valence-electron chi connectivity index (χ0n) is 13.3. The molecule has 6 nitrogen and oxygen atoms in total. The lowest BCUT2D eigenvalue weighted by atomic mass is 9.98. The van der Waals surface area contributed by atoms with Gasteiger partial charge in [0.25, 0.3) is 0 Å². The minimum Gasteiger partial charge on any atom is -0.392 e. The Labute approximate surface area is 132 Å². The van der Waals surface area contributed by atoms with Gasteiger partial charge in [-0.3, -0.25) is 4.90 Å². The molecule has 1 aromatic rings. The number of anilines is 1. The molecule has 2 unspecified atom stereocenters. The maximum absolute atomic E-state index is 9.95. The van der Waals surface area contributed by atoms with E-state index in [1.165, 1.54) is 12.8 Å². The summed E-state index contributed by atoms with van der Waals surface area (Å²) in [5.41, 5.74) is 1.12. The molecular weight excluding hydrogens is 280 g/mol. The Morgan fingerprint density at radius 3 is 2.64 bits per heavy atom. The van der Waals surface area contributed by atoms with Gasteiger partial charge in [-0.2, -0.15) is 0 Å². The molecule has 3 heterocycles. The second-order valence-electron chi connectivity index (χ2n) is 6.26. The maximum atomic E-state index is 9.95. The fourth-order valence-corrected chi connectivity index (χ4v) is 3.35. The SMILES string of the molecule is CC(O)C1CCCCN1Cc1cnc(N2CCOCC2)nc1. The van der Waals surface area contributed by atoms with Gasteiger partial charge >= 0.3 is 0 Å². The van der Waals surface area contributed by atoms with Crippen molar-refractivity contribution in [2.75, 3.05) is 37.7 Å². The molecule has 0 radical (unpaired) electrons. The number of aliphatic hydroxyl groups excluding tert-OH is 1. The summed E-state index contributed by atoms with van der Waals surface area (Å²) < 4.78 is 5.35. The highest BCUT2D eigenvalue weighted by atomic mass is 16.5. The summed E-state index contributed by atoms with van der Waals surface area (Å²) in [4.78, 5) is 13.5. The van der Waals surface area contributed by atoms with E-state index in [0.717, 1.165) is 57.3 Å². The molecule has 1 N–H and O–H groups in total. The number of aliphatic hydroxyl groups is 1. The summed E-state index contributed by atoms with van der Waals surface area (Å²) in [6, 6.07) is 0.257. The molecule has 0 spiro atoms. The van der Waals surface area contributed by atoms with Crippen molar-refractivity contribution in [3.63, 3.8) is 0 Å². The van der Waals surface area contributed by atoms with Gasteiger partial charge in [0.05, 0.1) is 19.3 Å². The van der Waals surface area contributed by atoms with Crippen LogP contribution in [0.1, 0.15) is 31.7 Å². The molecule has 2 atom stereocenters. The van der Waals surface area contributed by atoms with Crippen LogP contribution in [-0.2, 0) is 11.3 Å². The van der Waals surface area contributed by atoms with Crippen LogP contribution in [0.4, 0.5) is 5.95 Å². The number of morpholine rings is 1. The Morgan fingerprint density at radius 2 is 1.95 bits per heavy atom. The van der Waals surface area contributed by atoms with Crippen LogP contribution in [0, 0.1) is 0 Å². The van der Waals surface area contributed by atoms with Crippen LogP contribution < -0.4 is 4.90 Å². The van der Waals surface area contributed by atoms with Crippen LogP contribution in [0.3, 0.4) is 0 Å². The van der Waals surface area contributed by atoms with Gasteiger partial charge in [-0.25, -0.2) is 9.97 Å². The van der Waals surface area contributed by atoms with Gasteiger partial charge in [-0.1, -0.05) is 6.42 Å². The number of piperidine rings is 1. The number of hydrogen-bond acceptors (Lipinski definition) is 6. The summed E-state index contributed by atoms with van der Waals surface area (Å²) in [5.74, 6) is 0.790. The van der Waals surface area contributed by atoms with E-state index in [9.17, 15) is 5.11 Å². The first-order valence-corrected chi connectivity index (χ1v) is 8.30. The lowest BCUT2D eigenvalue weighted by molar-refractivity contribution is 0.0315. The van der Waals surface area contributed by atoms with Crippen molar-refractivity contribution in [3.05, 3.63) is 18.0 Å². The molecule has 0 amide bonds. The van der Waals surface area contributed by atoms with Gasteiger partial charge in [-0.05, 0) is 26.3 Å². The molecule has 6 heteroatoms.